The van der Waals surface area contributed by atoms with Crippen LogP contribution in [-0.4, -0.2) is 35.3 Å². The van der Waals surface area contributed by atoms with E-state index in [1.807, 2.05) is 0 Å². The average molecular weight is 354 g/mol. The van der Waals surface area contributed by atoms with Crippen molar-refractivity contribution in [1.29, 1.82) is 0 Å². The van der Waals surface area contributed by atoms with Crippen LogP contribution in [0.1, 0.15) is 12.2 Å². The minimum Gasteiger partial charge on any atom is -0.481 e. The zero-order valence-corrected chi connectivity index (χ0v) is 13.2. The fourth-order valence-corrected chi connectivity index (χ4v) is 3.43. The van der Waals surface area contributed by atoms with E-state index in [0.717, 1.165) is 10.4 Å². The molecule has 2 rings (SSSR count). The largest absolute Gasteiger partial charge is 0.481 e. The number of nitro groups is 1. The molecule has 0 spiro atoms. The fraction of sp³-hybridized carbons (Fsp3) is 0.214. The molecule has 0 atom stereocenters. The summed E-state index contributed by atoms with van der Waals surface area (Å²) in [6, 6.07) is 7.71. The average Bonchev–Trinajstić information content (AvgIpc) is 3.04. The van der Waals surface area contributed by atoms with Crippen LogP contribution < -0.4 is 0 Å². The molecular weight excluding hydrogens is 340 g/mol. The van der Waals surface area contributed by atoms with Crippen LogP contribution in [0.25, 0.3) is 0 Å². The van der Waals surface area contributed by atoms with Crippen LogP contribution in [0.4, 0.5) is 5.69 Å². The summed E-state index contributed by atoms with van der Waals surface area (Å²) in [7, 11) is -4.12. The first-order chi connectivity index (χ1) is 11.3. The van der Waals surface area contributed by atoms with E-state index in [0.29, 0.717) is 5.76 Å². The fourth-order valence-electron chi connectivity index (χ4n) is 1.99. The number of non-ortho nitro benzene ring substituents is 1. The van der Waals surface area contributed by atoms with Gasteiger partial charge in [-0.1, -0.05) is 6.07 Å². The maximum Gasteiger partial charge on any atom is 0.304 e. The second-order valence-electron chi connectivity index (χ2n) is 4.82. The molecule has 0 aliphatic carbocycles. The maximum atomic E-state index is 12.7. The molecule has 9 nitrogen and oxygen atoms in total. The molecule has 24 heavy (non-hydrogen) atoms. The lowest BCUT2D eigenvalue weighted by Gasteiger charge is -2.20. The molecule has 0 radical (unpaired) electrons. The Morgan fingerprint density at radius 1 is 1.29 bits per heavy atom. The van der Waals surface area contributed by atoms with Crippen LogP contribution in [0.5, 0.6) is 0 Å². The molecule has 0 saturated heterocycles. The molecule has 10 heteroatoms. The Morgan fingerprint density at radius 3 is 2.62 bits per heavy atom. The smallest absolute Gasteiger partial charge is 0.304 e. The Balaban J connectivity index is 2.36. The third-order valence-corrected chi connectivity index (χ3v) is 4.99. The summed E-state index contributed by atoms with van der Waals surface area (Å²) in [5.74, 6) is -0.830. The van der Waals surface area contributed by atoms with Crippen molar-refractivity contribution in [1.82, 2.24) is 4.31 Å². The second kappa shape index (κ2) is 7.23. The van der Waals surface area contributed by atoms with Gasteiger partial charge in [0.2, 0.25) is 10.0 Å². The first kappa shape index (κ1) is 17.6. The summed E-state index contributed by atoms with van der Waals surface area (Å²) in [5.41, 5.74) is -0.368. The normalized spacial score (nSPS) is 11.5. The lowest BCUT2D eigenvalue weighted by molar-refractivity contribution is -0.385. The number of nitro benzene ring substituents is 1. The molecule has 0 bridgehead atoms. The number of carbonyl (C=O) groups is 1. The highest BCUT2D eigenvalue weighted by atomic mass is 32.2. The van der Waals surface area contributed by atoms with Crippen molar-refractivity contribution in [2.24, 2.45) is 0 Å². The number of rotatable bonds is 8. The minimum atomic E-state index is -4.12. The van der Waals surface area contributed by atoms with Gasteiger partial charge in [0, 0.05) is 18.7 Å². The minimum absolute atomic E-state index is 0.175. The standard InChI is InChI=1S/C14H14N2O7S/c17-14(18)6-7-15(10-12-4-2-8-23-12)24(21,22)13-5-1-3-11(9-13)16(19)20/h1-5,8-9H,6-7,10H2,(H,17,18). The number of aliphatic carboxylic acids is 1. The first-order valence-electron chi connectivity index (χ1n) is 6.79. The van der Waals surface area contributed by atoms with E-state index in [2.05, 4.69) is 0 Å². The van der Waals surface area contributed by atoms with Gasteiger partial charge in [0.15, 0.2) is 0 Å². The third-order valence-electron chi connectivity index (χ3n) is 3.15. The highest BCUT2D eigenvalue weighted by molar-refractivity contribution is 7.89. The Kier molecular flexibility index (Phi) is 5.31. The molecule has 2 aromatic rings. The molecular formula is C14H14N2O7S. The molecule has 1 heterocycles. The summed E-state index contributed by atoms with van der Waals surface area (Å²) < 4.78 is 31.4. The van der Waals surface area contributed by atoms with Gasteiger partial charge in [-0.05, 0) is 18.2 Å². The molecule has 0 aliphatic heterocycles. The van der Waals surface area contributed by atoms with Crippen LogP contribution in [0.15, 0.2) is 52.0 Å². The van der Waals surface area contributed by atoms with E-state index in [1.165, 1.54) is 24.5 Å². The van der Waals surface area contributed by atoms with Crippen molar-refractivity contribution in [3.8, 4) is 0 Å². The van der Waals surface area contributed by atoms with Crippen LogP contribution in [0, 0.1) is 10.1 Å². The van der Waals surface area contributed by atoms with E-state index in [1.54, 1.807) is 12.1 Å². The van der Waals surface area contributed by atoms with Crippen molar-refractivity contribution >= 4 is 21.7 Å². The molecule has 1 N–H and O–H groups in total. The first-order valence-corrected chi connectivity index (χ1v) is 8.23. The van der Waals surface area contributed by atoms with Crippen LogP contribution >= 0.6 is 0 Å². The van der Waals surface area contributed by atoms with Crippen LogP contribution in [-0.2, 0) is 21.4 Å². The Bertz CT molecular complexity index is 831. The lowest BCUT2D eigenvalue weighted by Crippen LogP contribution is -2.32. The molecule has 1 aromatic heterocycles. The van der Waals surface area contributed by atoms with Crippen molar-refractivity contribution in [2.75, 3.05) is 6.54 Å². The van der Waals surface area contributed by atoms with Gasteiger partial charge in [0.25, 0.3) is 5.69 Å². The van der Waals surface area contributed by atoms with Gasteiger partial charge in [-0.15, -0.1) is 0 Å². The Morgan fingerprint density at radius 2 is 2.04 bits per heavy atom. The number of benzene rings is 1. The monoisotopic (exact) mass is 354 g/mol. The Labute approximate surface area is 137 Å². The van der Waals surface area contributed by atoms with E-state index in [9.17, 15) is 23.3 Å². The predicted molar refractivity (Wildman–Crippen MR) is 81.7 cm³/mol. The SMILES string of the molecule is O=C(O)CCN(Cc1ccco1)S(=O)(=O)c1cccc([N+](=O)[O-])c1. The molecule has 0 saturated carbocycles. The molecule has 0 fully saturated rings. The van der Waals surface area contributed by atoms with Gasteiger partial charge in [-0.25, -0.2) is 8.42 Å². The van der Waals surface area contributed by atoms with E-state index < -0.39 is 27.3 Å². The number of sulfonamides is 1. The summed E-state index contributed by atoms with van der Waals surface area (Å²) in [5, 5.41) is 19.6. The highest BCUT2D eigenvalue weighted by Crippen LogP contribution is 2.23. The van der Waals surface area contributed by atoms with Gasteiger partial charge in [-0.3, -0.25) is 14.9 Å². The maximum absolute atomic E-state index is 12.7. The summed E-state index contributed by atoms with van der Waals surface area (Å²) in [6.07, 6.45) is 0.958. The quantitative estimate of drug-likeness (QED) is 0.565. The molecule has 128 valence electrons. The van der Waals surface area contributed by atoms with E-state index in [-0.39, 0.29) is 23.7 Å². The summed E-state index contributed by atoms with van der Waals surface area (Å²) in [4.78, 5) is 20.6. The van der Waals surface area contributed by atoms with Gasteiger partial charge in [0.05, 0.1) is 29.0 Å². The van der Waals surface area contributed by atoms with Gasteiger partial charge in [0.1, 0.15) is 5.76 Å². The van der Waals surface area contributed by atoms with Gasteiger partial charge >= 0.3 is 5.97 Å². The van der Waals surface area contributed by atoms with Crippen LogP contribution in [0.3, 0.4) is 0 Å². The number of hydrogen-bond donors (Lipinski definition) is 1. The lowest BCUT2D eigenvalue weighted by atomic mass is 10.3. The number of hydrogen-bond acceptors (Lipinski definition) is 6. The van der Waals surface area contributed by atoms with Crippen molar-refractivity contribution in [2.45, 2.75) is 17.9 Å². The van der Waals surface area contributed by atoms with Crippen molar-refractivity contribution < 1.29 is 27.7 Å². The second-order valence-corrected chi connectivity index (χ2v) is 6.75. The third kappa shape index (κ3) is 4.18. The van der Waals surface area contributed by atoms with E-state index in [4.69, 9.17) is 9.52 Å². The van der Waals surface area contributed by atoms with Crippen molar-refractivity contribution in [3.63, 3.8) is 0 Å². The highest BCUT2D eigenvalue weighted by Gasteiger charge is 2.27. The summed E-state index contributed by atoms with van der Waals surface area (Å²) in [6.45, 7) is -0.466. The number of carboxylic acids is 1. The van der Waals surface area contributed by atoms with Gasteiger partial charge < -0.3 is 9.52 Å². The number of furan rings is 1. The molecule has 1 aromatic carbocycles. The number of carboxylic acid groups (broad SMARTS) is 1. The van der Waals surface area contributed by atoms with Crippen molar-refractivity contribution in [3.05, 3.63) is 58.5 Å². The predicted octanol–water partition coefficient (Wildman–Crippen LogP) is 1.85. The zero-order chi connectivity index (χ0) is 17.7. The Hall–Kier alpha value is -2.72. The summed E-state index contributed by atoms with van der Waals surface area (Å²) >= 11 is 0. The molecule has 0 amide bonds. The van der Waals surface area contributed by atoms with Gasteiger partial charge in [-0.2, -0.15) is 4.31 Å². The topological polar surface area (TPSA) is 131 Å². The molecule has 0 aliphatic rings. The van der Waals surface area contributed by atoms with Crippen LogP contribution in [0.2, 0.25) is 0 Å². The zero-order valence-electron chi connectivity index (χ0n) is 12.4. The molecule has 0 unspecified atom stereocenters. The number of nitrogens with zero attached hydrogens (tertiary/aromatic N) is 2. The van der Waals surface area contributed by atoms with E-state index >= 15 is 0 Å².